The number of phenols is 1. The lowest BCUT2D eigenvalue weighted by atomic mass is 9.57. The maximum absolute atomic E-state index is 12.2. The van der Waals surface area contributed by atoms with Gasteiger partial charge >= 0.3 is 0 Å². The first-order chi connectivity index (χ1) is 9.62. The van der Waals surface area contributed by atoms with Crippen LogP contribution in [0.3, 0.4) is 0 Å². The first kappa shape index (κ1) is 13.2. The topological polar surface area (TPSA) is 37.3 Å². The number of phenolic OH excluding ortho intramolecular Hbond substituents is 1. The molecule has 1 saturated carbocycles. The Hall–Kier alpha value is -1.83. The summed E-state index contributed by atoms with van der Waals surface area (Å²) in [6.45, 7) is 6.05. The number of hydrogen-bond acceptors (Lipinski definition) is 2. The van der Waals surface area contributed by atoms with Crippen molar-refractivity contribution in [3.8, 4) is 5.75 Å². The maximum Gasteiger partial charge on any atom is 0.143 e. The minimum Gasteiger partial charge on any atom is -0.508 e. The fourth-order valence-electron chi connectivity index (χ4n) is 3.99. The van der Waals surface area contributed by atoms with Gasteiger partial charge in [0.2, 0.25) is 0 Å². The second kappa shape index (κ2) is 4.62. The second-order valence-corrected chi connectivity index (χ2v) is 5.82. The van der Waals surface area contributed by atoms with Crippen LogP contribution in [-0.4, -0.2) is 10.9 Å². The molecule has 3 rings (SSSR count). The molecule has 0 bridgehead atoms. The van der Waals surface area contributed by atoms with Crippen molar-refractivity contribution in [1.29, 1.82) is 0 Å². The standard InChI is InChI=1S/C18H20O2/c1-3-14-16-7-5-12-11-13(19)6-8-15(12)18(16,4-2)10-9-17(14)20/h3,6-8,11,14,19H,1,4-5,9-10H2,2H3/t14?,18-/m0/s1. The number of Topliss-reactive ketones (excluding diaryl/α,β-unsaturated/α-hetero) is 1. The van der Waals surface area contributed by atoms with Crippen LogP contribution in [0.4, 0.5) is 0 Å². The predicted octanol–water partition coefficient (Wildman–Crippen LogP) is 3.69. The zero-order valence-electron chi connectivity index (χ0n) is 11.9. The lowest BCUT2D eigenvalue weighted by Gasteiger charge is -2.45. The SMILES string of the molecule is C=CC1C(=O)CC[C@]2(CC)C1=CCc1cc(O)ccc12. The van der Waals surface area contributed by atoms with Crippen molar-refractivity contribution in [2.45, 2.75) is 38.0 Å². The Kier molecular flexibility index (Phi) is 3.04. The summed E-state index contributed by atoms with van der Waals surface area (Å²) in [7, 11) is 0. The average molecular weight is 268 g/mol. The van der Waals surface area contributed by atoms with E-state index in [0.29, 0.717) is 12.2 Å². The van der Waals surface area contributed by atoms with E-state index in [4.69, 9.17) is 0 Å². The number of benzene rings is 1. The maximum atomic E-state index is 12.2. The molecule has 1 fully saturated rings. The summed E-state index contributed by atoms with van der Waals surface area (Å²) in [5.74, 6) is 0.474. The number of aromatic hydroxyl groups is 1. The van der Waals surface area contributed by atoms with E-state index < -0.39 is 0 Å². The summed E-state index contributed by atoms with van der Waals surface area (Å²) in [5.41, 5.74) is 3.65. The fourth-order valence-corrected chi connectivity index (χ4v) is 3.99. The molecule has 1 aromatic rings. The van der Waals surface area contributed by atoms with Crippen molar-refractivity contribution in [3.63, 3.8) is 0 Å². The number of carbonyl (C=O) groups is 1. The Bertz CT molecular complexity index is 612. The number of fused-ring (bicyclic) bond motifs is 3. The van der Waals surface area contributed by atoms with Gasteiger partial charge in [-0.15, -0.1) is 6.58 Å². The van der Waals surface area contributed by atoms with Crippen LogP contribution in [0.1, 0.15) is 37.3 Å². The van der Waals surface area contributed by atoms with Crippen molar-refractivity contribution < 1.29 is 9.90 Å². The highest BCUT2D eigenvalue weighted by Crippen LogP contribution is 2.51. The fraction of sp³-hybridized carbons (Fsp3) is 0.389. The highest BCUT2D eigenvalue weighted by Gasteiger charge is 2.45. The molecule has 0 aliphatic heterocycles. The van der Waals surface area contributed by atoms with Gasteiger partial charge in [0.1, 0.15) is 11.5 Å². The molecule has 0 amide bonds. The van der Waals surface area contributed by atoms with Crippen LogP contribution in [0.2, 0.25) is 0 Å². The van der Waals surface area contributed by atoms with E-state index in [9.17, 15) is 9.90 Å². The van der Waals surface area contributed by atoms with Crippen molar-refractivity contribution >= 4 is 5.78 Å². The minimum absolute atomic E-state index is 0.0476. The molecule has 0 heterocycles. The molecule has 1 aromatic carbocycles. The summed E-state index contributed by atoms with van der Waals surface area (Å²) >= 11 is 0. The molecule has 2 aliphatic carbocycles. The number of ketones is 1. The van der Waals surface area contributed by atoms with Crippen molar-refractivity contribution in [2.24, 2.45) is 5.92 Å². The average Bonchev–Trinajstić information content (AvgIpc) is 2.46. The second-order valence-electron chi connectivity index (χ2n) is 5.82. The van der Waals surface area contributed by atoms with Gasteiger partial charge in [0.05, 0.1) is 5.92 Å². The van der Waals surface area contributed by atoms with Crippen LogP contribution in [-0.2, 0) is 16.6 Å². The molecule has 2 heteroatoms. The number of carbonyl (C=O) groups excluding carboxylic acids is 1. The largest absolute Gasteiger partial charge is 0.508 e. The van der Waals surface area contributed by atoms with Gasteiger partial charge in [0.15, 0.2) is 0 Å². The van der Waals surface area contributed by atoms with E-state index in [0.717, 1.165) is 19.3 Å². The Morgan fingerprint density at radius 3 is 3.00 bits per heavy atom. The quantitative estimate of drug-likeness (QED) is 0.831. The van der Waals surface area contributed by atoms with Gasteiger partial charge in [-0.05, 0) is 48.1 Å². The third-order valence-electron chi connectivity index (χ3n) is 5.02. The summed E-state index contributed by atoms with van der Waals surface area (Å²) in [4.78, 5) is 12.2. The molecule has 0 spiro atoms. The third kappa shape index (κ3) is 1.67. The lowest BCUT2D eigenvalue weighted by molar-refractivity contribution is -0.122. The van der Waals surface area contributed by atoms with Gasteiger partial charge in [0.25, 0.3) is 0 Å². The molecule has 2 aliphatic rings. The van der Waals surface area contributed by atoms with Crippen molar-refractivity contribution in [2.75, 3.05) is 0 Å². The highest BCUT2D eigenvalue weighted by molar-refractivity contribution is 5.88. The summed E-state index contributed by atoms with van der Waals surface area (Å²) in [6, 6.07) is 5.66. The highest BCUT2D eigenvalue weighted by atomic mass is 16.3. The first-order valence-electron chi connectivity index (χ1n) is 7.30. The van der Waals surface area contributed by atoms with Gasteiger partial charge in [-0.1, -0.05) is 25.1 Å². The normalized spacial score (nSPS) is 28.4. The summed E-state index contributed by atoms with van der Waals surface area (Å²) < 4.78 is 0. The zero-order valence-corrected chi connectivity index (χ0v) is 11.9. The van der Waals surface area contributed by atoms with E-state index in [-0.39, 0.29) is 17.1 Å². The van der Waals surface area contributed by atoms with Crippen LogP contribution >= 0.6 is 0 Å². The molecule has 0 aromatic heterocycles. The molecule has 2 atom stereocenters. The van der Waals surface area contributed by atoms with Crippen molar-refractivity contribution in [3.05, 3.63) is 53.6 Å². The Morgan fingerprint density at radius 2 is 2.30 bits per heavy atom. The molecule has 0 saturated heterocycles. The molecule has 2 nitrogen and oxygen atoms in total. The number of allylic oxidation sites excluding steroid dienone is 3. The lowest BCUT2D eigenvalue weighted by Crippen LogP contribution is -2.41. The van der Waals surface area contributed by atoms with Crippen LogP contribution in [0.15, 0.2) is 42.5 Å². The predicted molar refractivity (Wildman–Crippen MR) is 79.8 cm³/mol. The third-order valence-corrected chi connectivity index (χ3v) is 5.02. The van der Waals surface area contributed by atoms with Crippen molar-refractivity contribution in [1.82, 2.24) is 0 Å². The van der Waals surface area contributed by atoms with E-state index in [1.807, 2.05) is 12.1 Å². The van der Waals surface area contributed by atoms with Crippen LogP contribution in [0.25, 0.3) is 0 Å². The van der Waals surface area contributed by atoms with Gasteiger partial charge in [-0.2, -0.15) is 0 Å². The molecule has 20 heavy (non-hydrogen) atoms. The molecule has 1 unspecified atom stereocenters. The van der Waals surface area contributed by atoms with Gasteiger partial charge < -0.3 is 5.11 Å². The summed E-state index contributed by atoms with van der Waals surface area (Å²) in [5, 5.41) is 9.69. The minimum atomic E-state index is -0.134. The van der Waals surface area contributed by atoms with E-state index >= 15 is 0 Å². The monoisotopic (exact) mass is 268 g/mol. The van der Waals surface area contributed by atoms with Crippen LogP contribution in [0, 0.1) is 5.92 Å². The molecule has 104 valence electrons. The van der Waals surface area contributed by atoms with E-state index in [1.54, 1.807) is 12.1 Å². The van der Waals surface area contributed by atoms with Gasteiger partial charge in [-0.3, -0.25) is 4.79 Å². The Balaban J connectivity index is 2.19. The van der Waals surface area contributed by atoms with Gasteiger partial charge in [0, 0.05) is 11.8 Å². The zero-order chi connectivity index (χ0) is 14.3. The molecule has 1 N–H and O–H groups in total. The van der Waals surface area contributed by atoms with E-state index in [2.05, 4.69) is 19.6 Å². The molecular formula is C18H20O2. The number of hydrogen-bond donors (Lipinski definition) is 1. The molecular weight excluding hydrogens is 248 g/mol. The Labute approximate surface area is 119 Å². The number of rotatable bonds is 2. The van der Waals surface area contributed by atoms with Gasteiger partial charge in [-0.25, -0.2) is 0 Å². The molecule has 0 radical (unpaired) electrons. The smallest absolute Gasteiger partial charge is 0.143 e. The van der Waals surface area contributed by atoms with Crippen LogP contribution in [0.5, 0.6) is 5.75 Å². The first-order valence-corrected chi connectivity index (χ1v) is 7.30. The summed E-state index contributed by atoms with van der Waals surface area (Å²) in [6.07, 6.45) is 7.24. The van der Waals surface area contributed by atoms with E-state index in [1.165, 1.54) is 16.7 Å². The van der Waals surface area contributed by atoms with Crippen LogP contribution < -0.4 is 0 Å². The Morgan fingerprint density at radius 1 is 1.50 bits per heavy atom.